The molecule has 15 heteroatoms. The quantitative estimate of drug-likeness (QED) is 0.203. The normalized spacial score (nSPS) is 24.2. The SMILES string of the molecule is C[C@@H]1Cc2c([nH]c3ccccc23)[C@@H](c2c(F)cc(N3CC4(CCN(CC(=O)N5Cc6cc7c(cc6C5)C(=O)N(C5CCC(=O)NC5=O)C7)C4)C3)cc2F)N1CC(F)F. The summed E-state index contributed by atoms with van der Waals surface area (Å²) in [5.41, 5.74) is 5.51. The lowest BCUT2D eigenvalue weighted by molar-refractivity contribution is -0.137. The first-order valence-corrected chi connectivity index (χ1v) is 20.0. The summed E-state index contributed by atoms with van der Waals surface area (Å²) < 4.78 is 60.3. The van der Waals surface area contributed by atoms with E-state index in [2.05, 4.69) is 15.2 Å². The standard InChI is InChI=1S/C43H43F4N7O4/c1-23-10-30-28-4-2-3-5-33(28)48-39(30)40(53(23)18-35(46)47)38-31(44)13-27(14-32(38)45)52-21-43(22-52)8-9-50(20-43)19-37(56)51-15-24-11-26-17-54(34-6-7-36(55)49-41(34)57)42(58)29(26)12-25(24)16-51/h2-5,11-14,23,34-35,40,48H,6-10,15-22H2,1H3,(H,49,55,57)/t23-,34?,40-/m1/s1. The number of rotatable bonds is 7. The van der Waals surface area contributed by atoms with Crippen LogP contribution in [0.3, 0.4) is 0 Å². The third kappa shape index (κ3) is 6.07. The number of halogens is 4. The topological polar surface area (TPSA) is 112 Å². The zero-order valence-corrected chi connectivity index (χ0v) is 32.0. The zero-order chi connectivity index (χ0) is 40.2. The predicted molar refractivity (Wildman–Crippen MR) is 205 cm³/mol. The molecule has 2 N–H and O–H groups in total. The molecule has 58 heavy (non-hydrogen) atoms. The van der Waals surface area contributed by atoms with E-state index in [1.165, 1.54) is 21.9 Å². The van der Waals surface area contributed by atoms with E-state index in [0.29, 0.717) is 69.1 Å². The van der Waals surface area contributed by atoms with Gasteiger partial charge in [-0.1, -0.05) is 24.3 Å². The van der Waals surface area contributed by atoms with Crippen LogP contribution in [0, 0.1) is 17.0 Å². The minimum Gasteiger partial charge on any atom is -0.370 e. The molecule has 6 aliphatic rings. The Hall–Kier alpha value is -5.28. The fourth-order valence-electron chi connectivity index (χ4n) is 10.6. The van der Waals surface area contributed by atoms with Gasteiger partial charge in [0.05, 0.1) is 19.1 Å². The lowest BCUT2D eigenvalue weighted by Crippen LogP contribution is -2.58. The van der Waals surface area contributed by atoms with Crippen LogP contribution < -0.4 is 10.2 Å². The molecule has 10 rings (SSSR count). The average Bonchev–Trinajstić information content (AvgIpc) is 3.94. The molecule has 11 nitrogen and oxygen atoms in total. The number of fused-ring (bicyclic) bond motifs is 5. The Morgan fingerprint density at radius 3 is 2.43 bits per heavy atom. The summed E-state index contributed by atoms with van der Waals surface area (Å²) in [7, 11) is 0. The number of amides is 4. The van der Waals surface area contributed by atoms with Crippen molar-refractivity contribution in [3.05, 3.63) is 99.2 Å². The van der Waals surface area contributed by atoms with Crippen molar-refractivity contribution in [2.45, 2.75) is 76.8 Å². The molecule has 0 saturated carbocycles. The summed E-state index contributed by atoms with van der Waals surface area (Å²) in [5.74, 6) is -2.58. The number of benzene rings is 3. The second kappa shape index (κ2) is 13.7. The van der Waals surface area contributed by atoms with Gasteiger partial charge in [0.2, 0.25) is 17.7 Å². The number of carbonyl (C=O) groups excluding carboxylic acids is 4. The highest BCUT2D eigenvalue weighted by atomic mass is 19.3. The number of aromatic nitrogens is 1. The van der Waals surface area contributed by atoms with E-state index in [1.807, 2.05) is 48.2 Å². The Bertz CT molecular complexity index is 2390. The van der Waals surface area contributed by atoms with Crippen LogP contribution in [0.25, 0.3) is 10.9 Å². The van der Waals surface area contributed by atoms with Gasteiger partial charge < -0.3 is 19.7 Å². The highest BCUT2D eigenvalue weighted by Gasteiger charge is 2.49. The van der Waals surface area contributed by atoms with Crippen LogP contribution in [0.4, 0.5) is 23.2 Å². The molecule has 3 saturated heterocycles. The molecule has 302 valence electrons. The summed E-state index contributed by atoms with van der Waals surface area (Å²) >= 11 is 0. The molecule has 4 amide bonds. The van der Waals surface area contributed by atoms with Gasteiger partial charge in [-0.3, -0.25) is 34.3 Å². The summed E-state index contributed by atoms with van der Waals surface area (Å²) in [4.78, 5) is 63.2. The van der Waals surface area contributed by atoms with E-state index in [1.54, 1.807) is 4.90 Å². The number of anilines is 1. The molecular formula is C43H43F4N7O4. The number of alkyl halides is 2. The number of likely N-dealkylation sites (tertiary alicyclic amines) is 1. The maximum Gasteiger partial charge on any atom is 0.255 e. The maximum absolute atomic E-state index is 16.2. The van der Waals surface area contributed by atoms with Crippen LogP contribution >= 0.6 is 0 Å². The Morgan fingerprint density at radius 2 is 1.69 bits per heavy atom. The largest absolute Gasteiger partial charge is 0.370 e. The lowest BCUT2D eigenvalue weighted by Gasteiger charge is -2.49. The van der Waals surface area contributed by atoms with E-state index in [0.717, 1.165) is 39.6 Å². The second-order valence-corrected chi connectivity index (χ2v) is 17.2. The molecule has 0 radical (unpaired) electrons. The Balaban J connectivity index is 0.783. The number of para-hydroxylation sites is 1. The van der Waals surface area contributed by atoms with Crippen LogP contribution in [-0.4, -0.2) is 106 Å². The lowest BCUT2D eigenvalue weighted by atomic mass is 9.78. The third-order valence-electron chi connectivity index (χ3n) is 13.4. The van der Waals surface area contributed by atoms with Gasteiger partial charge in [0.15, 0.2) is 0 Å². The van der Waals surface area contributed by atoms with Crippen molar-refractivity contribution in [1.29, 1.82) is 0 Å². The van der Waals surface area contributed by atoms with Crippen molar-refractivity contribution in [3.8, 4) is 0 Å². The van der Waals surface area contributed by atoms with Gasteiger partial charge in [0.1, 0.15) is 17.7 Å². The van der Waals surface area contributed by atoms with Crippen molar-refractivity contribution >= 4 is 40.2 Å². The van der Waals surface area contributed by atoms with Gasteiger partial charge in [0.25, 0.3) is 12.3 Å². The first kappa shape index (κ1) is 37.0. The van der Waals surface area contributed by atoms with Crippen molar-refractivity contribution in [2.75, 3.05) is 44.2 Å². The molecule has 1 unspecified atom stereocenters. The Labute approximate surface area is 331 Å². The fraction of sp³-hybridized carbons (Fsp3) is 0.442. The third-order valence-corrected chi connectivity index (χ3v) is 13.4. The molecule has 3 aromatic carbocycles. The molecule has 0 bridgehead atoms. The van der Waals surface area contributed by atoms with Crippen LogP contribution in [0.5, 0.6) is 0 Å². The van der Waals surface area contributed by atoms with E-state index < -0.39 is 42.6 Å². The van der Waals surface area contributed by atoms with Gasteiger partial charge >= 0.3 is 0 Å². The highest BCUT2D eigenvalue weighted by molar-refractivity contribution is 6.05. The minimum absolute atomic E-state index is 0.0168. The Kier molecular flexibility index (Phi) is 8.71. The maximum atomic E-state index is 16.2. The van der Waals surface area contributed by atoms with Crippen LogP contribution in [0.2, 0.25) is 0 Å². The van der Waals surface area contributed by atoms with Gasteiger partial charge in [-0.2, -0.15) is 0 Å². The molecule has 4 aromatic rings. The van der Waals surface area contributed by atoms with Crippen LogP contribution in [0.1, 0.15) is 76.1 Å². The number of nitrogens with one attached hydrogen (secondary N) is 2. The molecule has 3 fully saturated rings. The summed E-state index contributed by atoms with van der Waals surface area (Å²) in [5, 5.41) is 3.25. The van der Waals surface area contributed by atoms with E-state index in [9.17, 15) is 28.0 Å². The zero-order valence-electron chi connectivity index (χ0n) is 32.0. The Morgan fingerprint density at radius 1 is 0.948 bits per heavy atom. The number of aromatic amines is 1. The summed E-state index contributed by atoms with van der Waals surface area (Å²) in [6.07, 6.45) is -0.875. The van der Waals surface area contributed by atoms with Crippen molar-refractivity contribution in [1.82, 2.24) is 29.9 Å². The van der Waals surface area contributed by atoms with Crippen LogP contribution in [-0.2, 0) is 40.4 Å². The predicted octanol–water partition coefficient (Wildman–Crippen LogP) is 4.86. The number of H-pyrrole nitrogens is 1. The molecule has 3 atom stereocenters. The van der Waals surface area contributed by atoms with E-state index in [-0.39, 0.29) is 54.3 Å². The molecule has 7 heterocycles. The van der Waals surface area contributed by atoms with E-state index in [4.69, 9.17) is 0 Å². The molecule has 6 aliphatic heterocycles. The van der Waals surface area contributed by atoms with Crippen molar-refractivity contribution < 1.29 is 36.7 Å². The number of hydrogen-bond donors (Lipinski definition) is 2. The first-order chi connectivity index (χ1) is 27.8. The monoisotopic (exact) mass is 797 g/mol. The molecule has 0 aliphatic carbocycles. The first-order valence-electron chi connectivity index (χ1n) is 20.0. The fourth-order valence-corrected chi connectivity index (χ4v) is 10.6. The van der Waals surface area contributed by atoms with Gasteiger partial charge in [-0.25, -0.2) is 17.6 Å². The van der Waals surface area contributed by atoms with Gasteiger partial charge in [-0.15, -0.1) is 0 Å². The van der Waals surface area contributed by atoms with E-state index >= 15 is 8.78 Å². The number of imide groups is 1. The summed E-state index contributed by atoms with van der Waals surface area (Å²) in [6, 6.07) is 11.9. The van der Waals surface area contributed by atoms with Crippen molar-refractivity contribution in [3.63, 3.8) is 0 Å². The number of piperidine rings is 1. The van der Waals surface area contributed by atoms with Gasteiger partial charge in [0, 0.05) is 90.6 Å². The number of hydrogen-bond acceptors (Lipinski definition) is 7. The number of carbonyl (C=O) groups is 4. The van der Waals surface area contributed by atoms with Gasteiger partial charge in [-0.05, 0) is 79.3 Å². The average molecular weight is 798 g/mol. The minimum atomic E-state index is -2.68. The van der Waals surface area contributed by atoms with Crippen LogP contribution in [0.15, 0.2) is 48.5 Å². The van der Waals surface area contributed by atoms with Crippen molar-refractivity contribution in [2.24, 2.45) is 5.41 Å². The second-order valence-electron chi connectivity index (χ2n) is 17.2. The molecule has 1 spiro atoms. The summed E-state index contributed by atoms with van der Waals surface area (Å²) in [6.45, 7) is 5.07. The highest BCUT2D eigenvalue weighted by Crippen LogP contribution is 2.46. The molecular weight excluding hydrogens is 755 g/mol. The molecule has 1 aromatic heterocycles. The number of nitrogens with zero attached hydrogens (tertiary/aromatic N) is 5. The smallest absolute Gasteiger partial charge is 0.255 e.